The fraction of sp³-hybridized carbons (Fsp3) is 0.450. The third-order valence-corrected chi connectivity index (χ3v) is 6.51. The van der Waals surface area contributed by atoms with E-state index in [4.69, 9.17) is 0 Å². The van der Waals surface area contributed by atoms with Crippen molar-refractivity contribution >= 4 is 29.4 Å². The number of benzene rings is 1. The highest BCUT2D eigenvalue weighted by atomic mass is 32.2. The van der Waals surface area contributed by atoms with E-state index < -0.39 is 0 Å². The van der Waals surface area contributed by atoms with Gasteiger partial charge in [-0.05, 0) is 43.4 Å². The fourth-order valence-corrected chi connectivity index (χ4v) is 4.84. The molecule has 1 fully saturated rings. The Labute approximate surface area is 169 Å². The summed E-state index contributed by atoms with van der Waals surface area (Å²) in [6.07, 6.45) is 4.70. The topological polar surface area (TPSA) is 49.3 Å². The lowest BCUT2D eigenvalue weighted by Crippen LogP contribution is -2.42. The summed E-state index contributed by atoms with van der Waals surface area (Å²) in [5.41, 5.74) is 2.21. The molecule has 0 saturated carbocycles. The molecule has 2 atom stereocenters. The minimum atomic E-state index is -0.0949. The van der Waals surface area contributed by atoms with Crippen molar-refractivity contribution in [2.75, 3.05) is 26.9 Å². The highest BCUT2D eigenvalue weighted by Gasteiger charge is 2.38. The number of likely N-dealkylation sites (tertiary alicyclic amines) is 1. The van der Waals surface area contributed by atoms with Gasteiger partial charge in [-0.1, -0.05) is 23.9 Å². The molecule has 0 bridgehead atoms. The summed E-state index contributed by atoms with van der Waals surface area (Å²) in [6.45, 7) is 3.62. The van der Waals surface area contributed by atoms with E-state index in [1.165, 1.54) is 10.5 Å². The average Bonchev–Trinajstić information content (AvgIpc) is 3.03. The Kier molecular flexibility index (Phi) is 6.78. The molecule has 1 saturated heterocycles. The van der Waals surface area contributed by atoms with Gasteiger partial charge in [0.1, 0.15) is 0 Å². The van der Waals surface area contributed by atoms with Crippen molar-refractivity contribution in [3.8, 4) is 0 Å². The number of hydrogen-bond donors (Lipinski definition) is 0. The monoisotopic (exact) mass is 402 g/mol. The molecular weight excluding hydrogens is 376 g/mol. The number of carbonyl (C=O) groups is 1. The number of aryl methyl sites for hydroxylation is 1. The smallest absolute Gasteiger partial charge is 0.239 e. The Bertz CT molecular complexity index is 782. The zero-order valence-corrected chi connectivity index (χ0v) is 17.9. The summed E-state index contributed by atoms with van der Waals surface area (Å²) in [7, 11) is 3.66. The van der Waals surface area contributed by atoms with E-state index in [2.05, 4.69) is 45.4 Å². The third kappa shape index (κ3) is 5.24. The van der Waals surface area contributed by atoms with Gasteiger partial charge in [0.2, 0.25) is 5.91 Å². The van der Waals surface area contributed by atoms with Crippen molar-refractivity contribution in [1.82, 2.24) is 19.8 Å². The summed E-state index contributed by atoms with van der Waals surface area (Å²) in [5, 5.41) is 1.10. The second-order valence-corrected chi connectivity index (χ2v) is 9.13. The molecule has 7 heteroatoms. The third-order valence-electron chi connectivity index (χ3n) is 4.68. The van der Waals surface area contributed by atoms with E-state index in [0.717, 1.165) is 30.4 Å². The summed E-state index contributed by atoms with van der Waals surface area (Å²) in [5.74, 6) is 0.170. The quantitative estimate of drug-likeness (QED) is 0.546. The Morgan fingerprint density at radius 2 is 2.00 bits per heavy atom. The first kappa shape index (κ1) is 20.2. The first-order valence-electron chi connectivity index (χ1n) is 9.00. The van der Waals surface area contributed by atoms with Crippen molar-refractivity contribution in [2.45, 2.75) is 41.2 Å². The number of nitrogens with zero attached hydrogens (tertiary/aromatic N) is 4. The highest BCUT2D eigenvalue weighted by molar-refractivity contribution is 7.99. The van der Waals surface area contributed by atoms with Crippen LogP contribution >= 0.6 is 23.5 Å². The second kappa shape index (κ2) is 9.08. The summed E-state index contributed by atoms with van der Waals surface area (Å²) in [4.78, 5) is 26.9. The van der Waals surface area contributed by atoms with Gasteiger partial charge in [0.25, 0.3) is 0 Å². The van der Waals surface area contributed by atoms with Crippen LogP contribution in [0.2, 0.25) is 0 Å². The SMILES string of the molecule is CSc1ccc(CN2C[C@H](Sc3nccc(C)n3)C[C@H]2C(=O)N(C)C)cc1. The van der Waals surface area contributed by atoms with Crippen LogP contribution in [0.5, 0.6) is 0 Å². The van der Waals surface area contributed by atoms with E-state index >= 15 is 0 Å². The molecule has 27 heavy (non-hydrogen) atoms. The normalized spacial score (nSPS) is 20.0. The first-order valence-corrected chi connectivity index (χ1v) is 11.1. The number of carbonyl (C=O) groups excluding carboxylic acids is 1. The van der Waals surface area contributed by atoms with Gasteiger partial charge in [-0.25, -0.2) is 9.97 Å². The molecule has 1 aromatic carbocycles. The maximum atomic E-state index is 12.7. The highest BCUT2D eigenvalue weighted by Crippen LogP contribution is 2.33. The van der Waals surface area contributed by atoms with Gasteiger partial charge in [0.15, 0.2) is 5.16 Å². The fourth-order valence-electron chi connectivity index (χ4n) is 3.27. The minimum absolute atomic E-state index is 0.0949. The van der Waals surface area contributed by atoms with E-state index in [0.29, 0.717) is 5.25 Å². The molecule has 5 nitrogen and oxygen atoms in total. The van der Waals surface area contributed by atoms with Gasteiger partial charge < -0.3 is 4.90 Å². The van der Waals surface area contributed by atoms with Gasteiger partial charge in [-0.2, -0.15) is 0 Å². The van der Waals surface area contributed by atoms with Crippen LogP contribution in [0.25, 0.3) is 0 Å². The lowest BCUT2D eigenvalue weighted by Gasteiger charge is -2.26. The molecule has 144 valence electrons. The number of amides is 1. The molecule has 1 aromatic heterocycles. The molecule has 0 radical (unpaired) electrons. The minimum Gasteiger partial charge on any atom is -0.347 e. The second-order valence-electron chi connectivity index (χ2n) is 6.98. The number of thioether (sulfide) groups is 2. The van der Waals surface area contributed by atoms with Crippen LogP contribution in [-0.4, -0.2) is 63.9 Å². The van der Waals surface area contributed by atoms with E-state index in [9.17, 15) is 4.79 Å². The van der Waals surface area contributed by atoms with E-state index in [1.807, 2.05) is 27.1 Å². The molecule has 0 aliphatic carbocycles. The largest absolute Gasteiger partial charge is 0.347 e. The standard InChI is InChI=1S/C20H26N4OS2/c1-14-9-10-21-20(22-14)27-17-11-18(19(25)23(2)3)24(13-17)12-15-5-7-16(26-4)8-6-15/h5-10,17-18H,11-13H2,1-4H3/t17-,18+/m1/s1. The van der Waals surface area contributed by atoms with Gasteiger partial charge in [-0.3, -0.25) is 9.69 Å². The van der Waals surface area contributed by atoms with Gasteiger partial charge in [-0.15, -0.1) is 11.8 Å². The Balaban J connectivity index is 1.73. The lowest BCUT2D eigenvalue weighted by atomic mass is 10.1. The molecular formula is C20H26N4OS2. The van der Waals surface area contributed by atoms with Crippen molar-refractivity contribution in [1.29, 1.82) is 0 Å². The van der Waals surface area contributed by atoms with Crippen LogP contribution in [-0.2, 0) is 11.3 Å². The van der Waals surface area contributed by atoms with E-state index in [1.54, 1.807) is 34.6 Å². The molecule has 1 aliphatic rings. The van der Waals surface area contributed by atoms with Gasteiger partial charge in [0.05, 0.1) is 6.04 Å². The molecule has 0 N–H and O–H groups in total. The average molecular weight is 403 g/mol. The van der Waals surface area contributed by atoms with Crippen LogP contribution in [0.1, 0.15) is 17.7 Å². The molecule has 0 spiro atoms. The zero-order chi connectivity index (χ0) is 19.4. The van der Waals surface area contributed by atoms with Crippen LogP contribution in [0.15, 0.2) is 46.6 Å². The zero-order valence-electron chi connectivity index (χ0n) is 16.3. The van der Waals surface area contributed by atoms with Crippen LogP contribution in [0.4, 0.5) is 0 Å². The number of likely N-dealkylation sites (N-methyl/N-ethyl adjacent to an activating group) is 1. The van der Waals surface area contributed by atoms with Crippen LogP contribution in [0.3, 0.4) is 0 Å². The summed E-state index contributed by atoms with van der Waals surface area (Å²) >= 11 is 3.42. The molecule has 3 rings (SSSR count). The lowest BCUT2D eigenvalue weighted by molar-refractivity contribution is -0.133. The van der Waals surface area contributed by atoms with Gasteiger partial charge in [0, 0.05) is 49.2 Å². The van der Waals surface area contributed by atoms with Crippen molar-refractivity contribution in [3.05, 3.63) is 47.8 Å². The predicted molar refractivity (Wildman–Crippen MR) is 112 cm³/mol. The number of hydrogen-bond acceptors (Lipinski definition) is 6. The molecule has 2 heterocycles. The summed E-state index contributed by atoms with van der Waals surface area (Å²) < 4.78 is 0. The van der Waals surface area contributed by atoms with Crippen LogP contribution in [0, 0.1) is 6.92 Å². The number of aromatic nitrogens is 2. The van der Waals surface area contributed by atoms with Crippen molar-refractivity contribution in [2.24, 2.45) is 0 Å². The first-order chi connectivity index (χ1) is 13.0. The number of rotatable bonds is 6. The van der Waals surface area contributed by atoms with Crippen molar-refractivity contribution in [3.63, 3.8) is 0 Å². The Morgan fingerprint density at radius 3 is 2.63 bits per heavy atom. The predicted octanol–water partition coefficient (Wildman–Crippen LogP) is 3.33. The Hall–Kier alpha value is -1.57. The van der Waals surface area contributed by atoms with E-state index in [-0.39, 0.29) is 11.9 Å². The Morgan fingerprint density at radius 1 is 1.26 bits per heavy atom. The van der Waals surface area contributed by atoms with Crippen LogP contribution < -0.4 is 0 Å². The molecule has 1 amide bonds. The maximum Gasteiger partial charge on any atom is 0.239 e. The maximum absolute atomic E-state index is 12.7. The molecule has 0 unspecified atom stereocenters. The molecule has 2 aromatic rings. The summed E-state index contributed by atoms with van der Waals surface area (Å²) in [6, 6.07) is 10.4. The van der Waals surface area contributed by atoms with Gasteiger partial charge >= 0.3 is 0 Å². The molecule has 1 aliphatic heterocycles. The van der Waals surface area contributed by atoms with Crippen molar-refractivity contribution < 1.29 is 4.79 Å².